The number of fused-ring (bicyclic) bond motifs is 5. The normalized spacial score (nSPS) is 30.0. The minimum atomic E-state index is -1.28. The molecule has 3 aromatic carbocycles. The molecule has 3 aromatic rings. The number of aromatic hydroxyl groups is 1. The summed E-state index contributed by atoms with van der Waals surface area (Å²) < 4.78 is 14.1. The molecule has 2 aliphatic carbocycles. The Morgan fingerprint density at radius 2 is 1.64 bits per heavy atom. The van der Waals surface area contributed by atoms with Crippen molar-refractivity contribution in [2.45, 2.75) is 52.0 Å². The van der Waals surface area contributed by atoms with Gasteiger partial charge in [0.25, 0.3) is 0 Å². The molecule has 6 atom stereocenters. The smallest absolute Gasteiger partial charge is 0.241 e. The third kappa shape index (κ3) is 3.73. The summed E-state index contributed by atoms with van der Waals surface area (Å²) in [6, 6.07) is 14.5. The number of likely N-dealkylation sites (tertiary alicyclic amines) is 1. The van der Waals surface area contributed by atoms with Gasteiger partial charge in [-0.3, -0.25) is 24.1 Å². The van der Waals surface area contributed by atoms with Crippen molar-refractivity contribution in [3.63, 3.8) is 0 Å². The number of anilines is 1. The number of hydrogen-bond donors (Lipinski definition) is 1. The molecule has 2 saturated heterocycles. The molecule has 4 aliphatic rings. The zero-order valence-electron chi connectivity index (χ0n) is 24.8. The molecular weight excluding hydrogens is 583 g/mol. The Hall–Kier alpha value is -4.04. The second-order valence-corrected chi connectivity index (χ2v) is 14.1. The lowest BCUT2D eigenvalue weighted by atomic mass is 9.51. The summed E-state index contributed by atoms with van der Waals surface area (Å²) in [6.45, 7) is 7.30. The fraction of sp³-hybridized carbons (Fsp3) is 0.371. The van der Waals surface area contributed by atoms with E-state index in [9.17, 15) is 28.7 Å². The van der Waals surface area contributed by atoms with Gasteiger partial charge in [0, 0.05) is 16.8 Å². The van der Waals surface area contributed by atoms with Gasteiger partial charge in [-0.1, -0.05) is 53.6 Å². The van der Waals surface area contributed by atoms with Gasteiger partial charge in [0.1, 0.15) is 11.6 Å². The van der Waals surface area contributed by atoms with E-state index in [1.165, 1.54) is 17.0 Å². The Kier molecular flexibility index (Phi) is 6.19. The van der Waals surface area contributed by atoms with Gasteiger partial charge in [-0.25, -0.2) is 9.29 Å². The predicted octanol–water partition coefficient (Wildman–Crippen LogP) is 6.37. The molecular formula is C35H32ClFN2O5. The van der Waals surface area contributed by atoms with Crippen LogP contribution in [0.2, 0.25) is 5.02 Å². The molecule has 0 radical (unpaired) electrons. The quantitative estimate of drug-likeness (QED) is 0.267. The summed E-state index contributed by atoms with van der Waals surface area (Å²) in [7, 11) is 0. The Morgan fingerprint density at radius 3 is 2.32 bits per heavy atom. The summed E-state index contributed by atoms with van der Waals surface area (Å²) in [5, 5.41) is 11.9. The van der Waals surface area contributed by atoms with Gasteiger partial charge in [0.15, 0.2) is 0 Å². The van der Waals surface area contributed by atoms with Crippen molar-refractivity contribution < 1.29 is 28.7 Å². The fourth-order valence-corrected chi connectivity index (χ4v) is 8.62. The molecule has 0 aromatic heterocycles. The zero-order valence-corrected chi connectivity index (χ0v) is 25.6. The first-order valence-corrected chi connectivity index (χ1v) is 15.3. The second kappa shape index (κ2) is 9.48. The average molecular weight is 615 g/mol. The van der Waals surface area contributed by atoms with Gasteiger partial charge in [-0.15, -0.1) is 0 Å². The van der Waals surface area contributed by atoms with Gasteiger partial charge in [0.05, 0.1) is 33.9 Å². The van der Waals surface area contributed by atoms with Crippen molar-refractivity contribution in [3.05, 3.63) is 82.6 Å². The van der Waals surface area contributed by atoms with Crippen LogP contribution in [-0.4, -0.2) is 39.2 Å². The number of phenolic OH excluding ortho intramolecular Hbond substituents is 1. The molecule has 44 heavy (non-hydrogen) atoms. The highest BCUT2D eigenvalue weighted by Crippen LogP contribution is 2.64. The van der Waals surface area contributed by atoms with Crippen molar-refractivity contribution in [2.75, 3.05) is 4.90 Å². The highest BCUT2D eigenvalue weighted by atomic mass is 35.5. The van der Waals surface area contributed by atoms with Gasteiger partial charge in [-0.05, 0) is 81.7 Å². The molecule has 9 heteroatoms. The monoisotopic (exact) mass is 614 g/mol. The first-order valence-electron chi connectivity index (χ1n) is 14.9. The van der Waals surface area contributed by atoms with Crippen molar-refractivity contribution in [3.8, 4) is 5.75 Å². The Bertz CT molecular complexity index is 1850. The number of imide groups is 2. The van der Waals surface area contributed by atoms with Gasteiger partial charge >= 0.3 is 0 Å². The molecule has 4 amide bonds. The number of benzene rings is 3. The molecule has 7 nitrogen and oxygen atoms in total. The van der Waals surface area contributed by atoms with E-state index in [0.29, 0.717) is 11.8 Å². The Labute approximate surface area is 259 Å². The van der Waals surface area contributed by atoms with Crippen LogP contribution in [-0.2, 0) is 19.2 Å². The summed E-state index contributed by atoms with van der Waals surface area (Å²) in [4.78, 5) is 59.1. The molecule has 1 N–H and O–H groups in total. The number of carbonyl (C=O) groups excluding carboxylic acids is 4. The molecule has 2 aliphatic heterocycles. The number of nitrogens with zero attached hydrogens (tertiary/aromatic N) is 2. The SMILES string of the molecule is CC(C)(C)N1C(=O)[C@H]2[C@H](CC=C3[C@H]2C[C@H]2C(=O)N(c4ccc(F)c(Cl)c4)C(=O)[C@@]2(C)[C@H]3c2ccc(O)c3ccccc23)C1=O. The van der Waals surface area contributed by atoms with E-state index < -0.39 is 58.2 Å². The van der Waals surface area contributed by atoms with Crippen LogP contribution in [0.1, 0.15) is 52.0 Å². The predicted molar refractivity (Wildman–Crippen MR) is 163 cm³/mol. The van der Waals surface area contributed by atoms with Crippen LogP contribution in [0.5, 0.6) is 5.75 Å². The average Bonchev–Trinajstić information content (AvgIpc) is 3.35. The minimum absolute atomic E-state index is 0.0879. The topological polar surface area (TPSA) is 95.0 Å². The van der Waals surface area contributed by atoms with E-state index in [0.717, 1.165) is 27.5 Å². The van der Waals surface area contributed by atoms with Crippen LogP contribution in [0.15, 0.2) is 66.2 Å². The van der Waals surface area contributed by atoms with Gasteiger partial charge in [0.2, 0.25) is 23.6 Å². The van der Waals surface area contributed by atoms with Crippen LogP contribution in [0.25, 0.3) is 10.8 Å². The highest BCUT2D eigenvalue weighted by Gasteiger charge is 2.68. The molecule has 7 rings (SSSR count). The first-order chi connectivity index (χ1) is 20.8. The number of amides is 4. The first kappa shape index (κ1) is 28.7. The number of halogens is 2. The minimum Gasteiger partial charge on any atom is -0.507 e. The Morgan fingerprint density at radius 1 is 0.932 bits per heavy atom. The highest BCUT2D eigenvalue weighted by molar-refractivity contribution is 6.31. The number of phenols is 1. The molecule has 0 unspecified atom stereocenters. The summed E-state index contributed by atoms with van der Waals surface area (Å²) in [5.41, 5.74) is -0.193. The maximum absolute atomic E-state index is 14.6. The molecule has 1 saturated carbocycles. The third-order valence-corrected chi connectivity index (χ3v) is 10.6. The number of hydrogen-bond acceptors (Lipinski definition) is 5. The van der Waals surface area contributed by atoms with Crippen molar-refractivity contribution in [1.29, 1.82) is 0 Å². The molecule has 0 bridgehead atoms. The second-order valence-electron chi connectivity index (χ2n) is 13.7. The van der Waals surface area contributed by atoms with E-state index in [1.807, 2.05) is 45.0 Å². The summed E-state index contributed by atoms with van der Waals surface area (Å²) in [6.07, 6.45) is 2.56. The van der Waals surface area contributed by atoms with Crippen LogP contribution in [0.3, 0.4) is 0 Å². The lowest BCUT2D eigenvalue weighted by Gasteiger charge is -2.49. The lowest BCUT2D eigenvalue weighted by Crippen LogP contribution is -2.49. The molecule has 2 heterocycles. The van der Waals surface area contributed by atoms with Crippen LogP contribution in [0, 0.1) is 34.9 Å². The molecule has 226 valence electrons. The lowest BCUT2D eigenvalue weighted by molar-refractivity contribution is -0.145. The zero-order chi connectivity index (χ0) is 31.5. The van der Waals surface area contributed by atoms with E-state index in [2.05, 4.69) is 0 Å². The summed E-state index contributed by atoms with van der Waals surface area (Å²) >= 11 is 6.09. The number of carbonyl (C=O) groups is 4. The summed E-state index contributed by atoms with van der Waals surface area (Å²) in [5.74, 6) is -5.05. The van der Waals surface area contributed by atoms with Crippen molar-refractivity contribution in [1.82, 2.24) is 4.90 Å². The van der Waals surface area contributed by atoms with Crippen LogP contribution in [0.4, 0.5) is 10.1 Å². The largest absolute Gasteiger partial charge is 0.507 e. The molecule has 3 fully saturated rings. The number of allylic oxidation sites excluding steroid dienone is 2. The third-order valence-electron chi connectivity index (χ3n) is 10.4. The number of rotatable bonds is 2. The van der Waals surface area contributed by atoms with E-state index >= 15 is 0 Å². The van der Waals surface area contributed by atoms with Crippen LogP contribution >= 0.6 is 11.6 Å². The van der Waals surface area contributed by atoms with Crippen molar-refractivity contribution in [2.24, 2.45) is 29.1 Å². The Balaban J connectivity index is 1.45. The van der Waals surface area contributed by atoms with Crippen LogP contribution < -0.4 is 4.90 Å². The van der Waals surface area contributed by atoms with E-state index in [1.54, 1.807) is 25.1 Å². The van der Waals surface area contributed by atoms with Crippen molar-refractivity contribution >= 4 is 51.7 Å². The van der Waals surface area contributed by atoms with E-state index in [4.69, 9.17) is 11.6 Å². The maximum atomic E-state index is 14.6. The van der Waals surface area contributed by atoms with E-state index in [-0.39, 0.29) is 34.7 Å². The molecule has 0 spiro atoms. The fourth-order valence-electron chi connectivity index (χ4n) is 8.45. The van der Waals surface area contributed by atoms with Gasteiger partial charge < -0.3 is 5.11 Å². The maximum Gasteiger partial charge on any atom is 0.241 e. The van der Waals surface area contributed by atoms with Gasteiger partial charge in [-0.2, -0.15) is 0 Å². The standard InChI is InChI=1S/C35H32ClFN2O5/c1-34(2,3)39-30(41)22-11-10-21-23(28(22)32(39)43)16-24-31(42)38(17-9-13-26(37)25(36)15-17)33(44)35(24,4)29(21)20-12-14-27(40)19-8-6-5-7-18(19)20/h5-10,12-15,22-24,28-29,40H,11,16H2,1-4H3/t22-,23+,24-,28-,29-,35+/m0/s1.